The standard InChI is InChI=1S/C14H17N3O3/c15-7-10-8-16(5-6-20-10)9-17-13(18)11-3-1-2-4-12(11)14(17)19/h1-4,10H,5-9,15H2. The third-order valence-corrected chi connectivity index (χ3v) is 3.71. The Balaban J connectivity index is 1.73. The van der Waals surface area contributed by atoms with Crippen LogP contribution in [0.4, 0.5) is 0 Å². The van der Waals surface area contributed by atoms with Crippen molar-refractivity contribution in [3.63, 3.8) is 0 Å². The molecular weight excluding hydrogens is 258 g/mol. The Morgan fingerprint density at radius 2 is 1.85 bits per heavy atom. The Bertz CT molecular complexity index is 511. The molecule has 0 spiro atoms. The summed E-state index contributed by atoms with van der Waals surface area (Å²) in [6.07, 6.45) is -0.0288. The highest BCUT2D eigenvalue weighted by Gasteiger charge is 2.36. The van der Waals surface area contributed by atoms with Crippen LogP contribution in [0.1, 0.15) is 20.7 Å². The number of imide groups is 1. The number of hydrogen-bond donors (Lipinski definition) is 1. The summed E-state index contributed by atoms with van der Waals surface area (Å²) in [6, 6.07) is 6.93. The number of ether oxygens (including phenoxy) is 1. The molecule has 106 valence electrons. The summed E-state index contributed by atoms with van der Waals surface area (Å²) in [5.74, 6) is -0.442. The number of carbonyl (C=O) groups excluding carboxylic acids is 2. The van der Waals surface area contributed by atoms with Crippen LogP contribution < -0.4 is 5.73 Å². The van der Waals surface area contributed by atoms with E-state index in [9.17, 15) is 9.59 Å². The van der Waals surface area contributed by atoms with Gasteiger partial charge in [0.15, 0.2) is 0 Å². The van der Waals surface area contributed by atoms with Crippen molar-refractivity contribution in [3.8, 4) is 0 Å². The molecule has 0 radical (unpaired) electrons. The molecule has 6 heteroatoms. The van der Waals surface area contributed by atoms with Crippen molar-refractivity contribution in [2.45, 2.75) is 6.10 Å². The van der Waals surface area contributed by atoms with E-state index in [4.69, 9.17) is 10.5 Å². The number of fused-ring (bicyclic) bond motifs is 1. The average Bonchev–Trinajstić information content (AvgIpc) is 2.73. The SMILES string of the molecule is NCC1CN(CN2C(=O)c3ccccc3C2=O)CCO1. The van der Waals surface area contributed by atoms with Crippen molar-refractivity contribution < 1.29 is 14.3 Å². The molecule has 2 N–H and O–H groups in total. The average molecular weight is 275 g/mol. The molecule has 1 aromatic carbocycles. The van der Waals surface area contributed by atoms with Crippen LogP contribution >= 0.6 is 0 Å². The minimum absolute atomic E-state index is 0.0288. The molecule has 1 aromatic rings. The van der Waals surface area contributed by atoms with Crippen LogP contribution in [0.3, 0.4) is 0 Å². The van der Waals surface area contributed by atoms with E-state index in [-0.39, 0.29) is 17.9 Å². The van der Waals surface area contributed by atoms with Crippen LogP contribution in [0.15, 0.2) is 24.3 Å². The van der Waals surface area contributed by atoms with Gasteiger partial charge in [0.25, 0.3) is 11.8 Å². The van der Waals surface area contributed by atoms with Gasteiger partial charge in [0.05, 0.1) is 30.5 Å². The van der Waals surface area contributed by atoms with Gasteiger partial charge in [-0.1, -0.05) is 12.1 Å². The second-order valence-electron chi connectivity index (χ2n) is 5.03. The van der Waals surface area contributed by atoms with Gasteiger partial charge in [0, 0.05) is 19.6 Å². The molecular formula is C14H17N3O3. The molecule has 0 saturated carbocycles. The highest BCUT2D eigenvalue weighted by Crippen LogP contribution is 2.22. The molecule has 2 aliphatic heterocycles. The Morgan fingerprint density at radius 1 is 1.20 bits per heavy atom. The largest absolute Gasteiger partial charge is 0.374 e. The van der Waals surface area contributed by atoms with Gasteiger partial charge in [-0.25, -0.2) is 0 Å². The van der Waals surface area contributed by atoms with Crippen molar-refractivity contribution in [2.24, 2.45) is 5.73 Å². The summed E-state index contributed by atoms with van der Waals surface area (Å²) in [5, 5.41) is 0. The van der Waals surface area contributed by atoms with Crippen molar-refractivity contribution >= 4 is 11.8 Å². The van der Waals surface area contributed by atoms with Crippen LogP contribution in [-0.2, 0) is 4.74 Å². The maximum Gasteiger partial charge on any atom is 0.262 e. The molecule has 6 nitrogen and oxygen atoms in total. The van der Waals surface area contributed by atoms with Gasteiger partial charge < -0.3 is 10.5 Å². The van der Waals surface area contributed by atoms with Crippen molar-refractivity contribution in [1.29, 1.82) is 0 Å². The fourth-order valence-electron chi connectivity index (χ4n) is 2.62. The zero-order valence-electron chi connectivity index (χ0n) is 11.1. The molecule has 1 atom stereocenters. The van der Waals surface area contributed by atoms with E-state index in [2.05, 4.69) is 0 Å². The molecule has 0 aliphatic carbocycles. The number of carbonyl (C=O) groups is 2. The second-order valence-corrected chi connectivity index (χ2v) is 5.03. The molecule has 0 bridgehead atoms. The van der Waals surface area contributed by atoms with Crippen LogP contribution in [0.5, 0.6) is 0 Å². The highest BCUT2D eigenvalue weighted by atomic mass is 16.5. The first-order valence-corrected chi connectivity index (χ1v) is 6.70. The van der Waals surface area contributed by atoms with Gasteiger partial charge in [-0.15, -0.1) is 0 Å². The Kier molecular flexibility index (Phi) is 3.52. The summed E-state index contributed by atoms with van der Waals surface area (Å²) in [4.78, 5) is 27.8. The molecule has 1 unspecified atom stereocenters. The third kappa shape index (κ3) is 2.22. The van der Waals surface area contributed by atoms with Crippen molar-refractivity contribution in [2.75, 3.05) is 32.9 Å². The fourth-order valence-corrected chi connectivity index (χ4v) is 2.62. The predicted octanol–water partition coefficient (Wildman–Crippen LogP) is -0.100. The molecule has 0 aromatic heterocycles. The Morgan fingerprint density at radius 3 is 2.45 bits per heavy atom. The predicted molar refractivity (Wildman–Crippen MR) is 72.2 cm³/mol. The van der Waals surface area contributed by atoms with Crippen LogP contribution in [0.25, 0.3) is 0 Å². The Labute approximate surface area is 117 Å². The summed E-state index contributed by atoms with van der Waals surface area (Å²) in [6.45, 7) is 2.66. The first-order chi connectivity index (χ1) is 9.70. The zero-order chi connectivity index (χ0) is 14.1. The van der Waals surface area contributed by atoms with Gasteiger partial charge >= 0.3 is 0 Å². The minimum Gasteiger partial charge on any atom is -0.374 e. The first-order valence-electron chi connectivity index (χ1n) is 6.70. The number of rotatable bonds is 3. The smallest absolute Gasteiger partial charge is 0.262 e. The van der Waals surface area contributed by atoms with Gasteiger partial charge in [-0.3, -0.25) is 19.4 Å². The number of nitrogens with two attached hydrogens (primary N) is 1. The number of hydrogen-bond acceptors (Lipinski definition) is 5. The molecule has 3 rings (SSSR count). The normalized spacial score (nSPS) is 23.2. The number of morpholine rings is 1. The Hall–Kier alpha value is -1.76. The summed E-state index contributed by atoms with van der Waals surface area (Å²) in [7, 11) is 0. The second kappa shape index (κ2) is 5.32. The maximum absolute atomic E-state index is 12.3. The lowest BCUT2D eigenvalue weighted by molar-refractivity contribution is -0.0351. The highest BCUT2D eigenvalue weighted by molar-refractivity contribution is 6.21. The first kappa shape index (κ1) is 13.2. The van der Waals surface area contributed by atoms with Gasteiger partial charge in [-0.05, 0) is 12.1 Å². The van der Waals surface area contributed by atoms with Crippen molar-refractivity contribution in [3.05, 3.63) is 35.4 Å². The molecule has 20 heavy (non-hydrogen) atoms. The minimum atomic E-state index is -0.221. The number of benzene rings is 1. The lowest BCUT2D eigenvalue weighted by Gasteiger charge is -2.34. The van der Waals surface area contributed by atoms with E-state index in [0.717, 1.165) is 0 Å². The van der Waals surface area contributed by atoms with Crippen LogP contribution in [0, 0.1) is 0 Å². The quantitative estimate of drug-likeness (QED) is 0.780. The van der Waals surface area contributed by atoms with Gasteiger partial charge in [0.2, 0.25) is 0 Å². The summed E-state index contributed by atoms with van der Waals surface area (Å²) >= 11 is 0. The third-order valence-electron chi connectivity index (χ3n) is 3.71. The zero-order valence-corrected chi connectivity index (χ0v) is 11.1. The summed E-state index contributed by atoms with van der Waals surface area (Å²) in [5.41, 5.74) is 6.57. The number of amides is 2. The van der Waals surface area contributed by atoms with Crippen LogP contribution in [0.2, 0.25) is 0 Å². The maximum atomic E-state index is 12.3. The van der Waals surface area contributed by atoms with Crippen molar-refractivity contribution in [1.82, 2.24) is 9.80 Å². The van der Waals surface area contributed by atoms with E-state index in [1.807, 2.05) is 4.90 Å². The fraction of sp³-hybridized carbons (Fsp3) is 0.429. The van der Waals surface area contributed by atoms with Crippen LogP contribution in [-0.4, -0.2) is 60.6 Å². The van der Waals surface area contributed by atoms with E-state index in [1.54, 1.807) is 24.3 Å². The monoisotopic (exact) mass is 275 g/mol. The molecule has 2 aliphatic rings. The van der Waals surface area contributed by atoms with E-state index in [1.165, 1.54) is 4.90 Å². The number of nitrogens with zero attached hydrogens (tertiary/aromatic N) is 2. The van der Waals surface area contributed by atoms with E-state index < -0.39 is 0 Å². The lowest BCUT2D eigenvalue weighted by atomic mass is 10.1. The van der Waals surface area contributed by atoms with E-state index >= 15 is 0 Å². The van der Waals surface area contributed by atoms with Gasteiger partial charge in [0.1, 0.15) is 0 Å². The molecule has 1 fully saturated rings. The molecule has 2 heterocycles. The summed E-state index contributed by atoms with van der Waals surface area (Å²) < 4.78 is 5.48. The van der Waals surface area contributed by atoms with Gasteiger partial charge in [-0.2, -0.15) is 0 Å². The molecule has 1 saturated heterocycles. The topological polar surface area (TPSA) is 75.9 Å². The molecule has 2 amide bonds. The van der Waals surface area contributed by atoms with E-state index in [0.29, 0.717) is 44.0 Å². The lowest BCUT2D eigenvalue weighted by Crippen LogP contribution is -2.50.